The molecule has 0 saturated carbocycles. The van der Waals surface area contributed by atoms with Crippen molar-refractivity contribution in [1.82, 2.24) is 0 Å². The van der Waals surface area contributed by atoms with Crippen molar-refractivity contribution in [3.63, 3.8) is 0 Å². The van der Waals surface area contributed by atoms with E-state index in [0.29, 0.717) is 0 Å². The van der Waals surface area contributed by atoms with Gasteiger partial charge in [-0.05, 0) is 39.8 Å². The van der Waals surface area contributed by atoms with Gasteiger partial charge >= 0.3 is 7.48 Å². The van der Waals surface area contributed by atoms with Crippen LogP contribution in [0.25, 0.3) is 0 Å². The van der Waals surface area contributed by atoms with Crippen LogP contribution in [0.15, 0.2) is 29.2 Å². The topological polar surface area (TPSA) is 63.6 Å². The Morgan fingerprint density at radius 3 is 1.95 bits per heavy atom. The summed E-state index contributed by atoms with van der Waals surface area (Å²) in [7, 11) is -1.66. The smallest absolute Gasteiger partial charge is 0.330 e. The molecule has 0 bridgehead atoms. The van der Waals surface area contributed by atoms with Gasteiger partial charge in [0.2, 0.25) is 0 Å². The molecule has 1 rings (SSSR count). The molecule has 19 heavy (non-hydrogen) atoms. The zero-order valence-corrected chi connectivity index (χ0v) is 12.8. The lowest BCUT2D eigenvalue weighted by atomic mass is 9.83. The summed E-state index contributed by atoms with van der Waals surface area (Å²) in [5.41, 5.74) is -0.997. The number of hydrogen-bond donors (Lipinski definition) is 1. The highest BCUT2D eigenvalue weighted by Gasteiger charge is 2.35. The summed E-state index contributed by atoms with van der Waals surface area (Å²) in [5, 5.41) is 9.95. The monoisotopic (exact) mass is 283 g/mol. The van der Waals surface area contributed by atoms with Gasteiger partial charge in [0.1, 0.15) is 0 Å². The van der Waals surface area contributed by atoms with Crippen LogP contribution >= 0.6 is 0 Å². The number of aliphatic hydroxyl groups is 1. The molecule has 6 heteroatoms. The zero-order valence-electron chi connectivity index (χ0n) is 12.0. The molecule has 0 aliphatic carbocycles. The Kier molecular flexibility index (Phi) is 4.49. The van der Waals surface area contributed by atoms with E-state index in [1.807, 2.05) is 0 Å². The number of benzene rings is 1. The molecular formula is C13H20BO4S. The molecule has 0 saturated heterocycles. The molecular weight excluding hydrogens is 263 g/mol. The second-order valence-corrected chi connectivity index (χ2v) is 7.66. The summed E-state index contributed by atoms with van der Waals surface area (Å²) in [5.74, 6) is 0. The van der Waals surface area contributed by atoms with Crippen molar-refractivity contribution in [2.45, 2.75) is 43.8 Å². The van der Waals surface area contributed by atoms with Gasteiger partial charge in [-0.25, -0.2) is 8.42 Å². The van der Waals surface area contributed by atoms with Crippen molar-refractivity contribution in [1.29, 1.82) is 0 Å². The standard InChI is InChI=1S/C13H20BO4S/c1-12(2,15)13(3,4)18-14-10-6-8-11(9-7-10)19(5,16)17/h6-9,15H,1-5H3. The fourth-order valence-electron chi connectivity index (χ4n) is 1.15. The molecule has 0 aromatic heterocycles. The van der Waals surface area contributed by atoms with E-state index in [0.717, 1.165) is 5.46 Å². The van der Waals surface area contributed by atoms with Crippen LogP contribution in [0.1, 0.15) is 27.7 Å². The van der Waals surface area contributed by atoms with Gasteiger partial charge in [-0.15, -0.1) is 0 Å². The first-order valence-electron chi connectivity index (χ1n) is 5.97. The molecule has 0 aliphatic heterocycles. The van der Waals surface area contributed by atoms with E-state index in [1.54, 1.807) is 39.8 Å². The Balaban J connectivity index is 2.76. The summed E-state index contributed by atoms with van der Waals surface area (Å²) in [6, 6.07) is 6.39. The number of rotatable bonds is 5. The van der Waals surface area contributed by atoms with Crippen molar-refractivity contribution in [2.75, 3.05) is 6.26 Å². The van der Waals surface area contributed by atoms with Crippen LogP contribution in [0.2, 0.25) is 0 Å². The van der Waals surface area contributed by atoms with Gasteiger partial charge in [-0.3, -0.25) is 0 Å². The quantitative estimate of drug-likeness (QED) is 0.816. The van der Waals surface area contributed by atoms with Crippen molar-refractivity contribution in [3.05, 3.63) is 24.3 Å². The molecule has 4 nitrogen and oxygen atoms in total. The Morgan fingerprint density at radius 1 is 1.11 bits per heavy atom. The van der Waals surface area contributed by atoms with E-state index in [4.69, 9.17) is 4.65 Å². The lowest BCUT2D eigenvalue weighted by molar-refractivity contribution is -0.0893. The van der Waals surface area contributed by atoms with E-state index in [1.165, 1.54) is 25.9 Å². The van der Waals surface area contributed by atoms with Crippen LogP contribution in [0.3, 0.4) is 0 Å². The van der Waals surface area contributed by atoms with E-state index in [9.17, 15) is 13.5 Å². The zero-order chi connectivity index (χ0) is 14.9. The van der Waals surface area contributed by atoms with Crippen molar-refractivity contribution in [3.8, 4) is 0 Å². The summed E-state index contributed by atoms with van der Waals surface area (Å²) in [4.78, 5) is 0.270. The minimum atomic E-state index is -3.18. The minimum Gasteiger partial charge on any atom is -0.427 e. The molecule has 0 heterocycles. The van der Waals surface area contributed by atoms with Crippen LogP contribution in [-0.4, -0.2) is 38.5 Å². The Labute approximate surface area is 116 Å². The third kappa shape index (κ3) is 4.33. The third-order valence-corrected chi connectivity index (χ3v) is 4.40. The number of hydrogen-bond acceptors (Lipinski definition) is 4. The van der Waals surface area contributed by atoms with E-state index < -0.39 is 21.0 Å². The van der Waals surface area contributed by atoms with Gasteiger partial charge in [0.05, 0.1) is 16.1 Å². The fraction of sp³-hybridized carbons (Fsp3) is 0.538. The van der Waals surface area contributed by atoms with E-state index in [2.05, 4.69) is 0 Å². The van der Waals surface area contributed by atoms with E-state index >= 15 is 0 Å². The maximum Gasteiger partial charge on any atom is 0.330 e. The largest absolute Gasteiger partial charge is 0.427 e. The molecule has 0 atom stereocenters. The first-order chi connectivity index (χ1) is 8.43. The number of sulfone groups is 1. The highest BCUT2D eigenvalue weighted by molar-refractivity contribution is 7.90. The first kappa shape index (κ1) is 16.2. The average molecular weight is 283 g/mol. The summed E-state index contributed by atoms with van der Waals surface area (Å²) < 4.78 is 28.2. The van der Waals surface area contributed by atoms with Gasteiger partial charge in [-0.2, -0.15) is 0 Å². The first-order valence-corrected chi connectivity index (χ1v) is 7.86. The summed E-state index contributed by atoms with van der Waals surface area (Å²) >= 11 is 0. The molecule has 1 radical (unpaired) electrons. The predicted molar refractivity (Wildman–Crippen MR) is 76.4 cm³/mol. The van der Waals surface area contributed by atoms with Crippen LogP contribution in [0, 0.1) is 0 Å². The Bertz CT molecular complexity index is 527. The molecule has 1 N–H and O–H groups in total. The minimum absolute atomic E-state index is 0.270. The molecule has 1 aromatic carbocycles. The van der Waals surface area contributed by atoms with Gasteiger partial charge < -0.3 is 9.76 Å². The molecule has 0 aliphatic rings. The highest BCUT2D eigenvalue weighted by Crippen LogP contribution is 2.24. The van der Waals surface area contributed by atoms with Gasteiger partial charge in [0.25, 0.3) is 0 Å². The van der Waals surface area contributed by atoms with Gasteiger partial charge in [0, 0.05) is 6.26 Å². The maximum atomic E-state index is 11.3. The van der Waals surface area contributed by atoms with Gasteiger partial charge in [0.15, 0.2) is 9.84 Å². The van der Waals surface area contributed by atoms with Crippen LogP contribution in [0.5, 0.6) is 0 Å². The van der Waals surface area contributed by atoms with Crippen molar-refractivity contribution < 1.29 is 18.2 Å². The average Bonchev–Trinajstić information content (AvgIpc) is 2.24. The normalized spacial score (nSPS) is 13.4. The lowest BCUT2D eigenvalue weighted by Crippen LogP contribution is -2.49. The highest BCUT2D eigenvalue weighted by atomic mass is 32.2. The second kappa shape index (κ2) is 5.27. The maximum absolute atomic E-state index is 11.3. The molecule has 0 spiro atoms. The van der Waals surface area contributed by atoms with Crippen molar-refractivity contribution >= 4 is 22.8 Å². The van der Waals surface area contributed by atoms with Crippen LogP contribution in [0.4, 0.5) is 0 Å². The molecule has 0 unspecified atom stereocenters. The SMILES string of the molecule is CC(C)(O)C(C)(C)O[B]c1ccc(S(C)(=O)=O)cc1. The van der Waals surface area contributed by atoms with Gasteiger partial charge in [-0.1, -0.05) is 17.6 Å². The fourth-order valence-corrected chi connectivity index (χ4v) is 1.78. The predicted octanol–water partition coefficient (Wildman–Crippen LogP) is 0.901. The Morgan fingerprint density at radius 2 is 1.58 bits per heavy atom. The van der Waals surface area contributed by atoms with Crippen LogP contribution in [-0.2, 0) is 14.5 Å². The second-order valence-electron chi connectivity index (χ2n) is 5.65. The summed E-state index contributed by atoms with van der Waals surface area (Å²) in [6.45, 7) is 6.92. The lowest BCUT2D eigenvalue weighted by Gasteiger charge is -2.37. The van der Waals surface area contributed by atoms with Crippen molar-refractivity contribution in [2.24, 2.45) is 0 Å². The Hall–Kier alpha value is -0.845. The summed E-state index contributed by atoms with van der Waals surface area (Å²) in [6.07, 6.45) is 1.17. The molecule has 105 valence electrons. The molecule has 0 fully saturated rings. The van der Waals surface area contributed by atoms with E-state index in [-0.39, 0.29) is 4.90 Å². The third-order valence-electron chi connectivity index (χ3n) is 3.27. The molecule has 0 amide bonds. The molecule has 1 aromatic rings. The van der Waals surface area contributed by atoms with Crippen LogP contribution < -0.4 is 5.46 Å².